The van der Waals surface area contributed by atoms with Crippen LogP contribution in [0.3, 0.4) is 0 Å². The number of amides is 4. The van der Waals surface area contributed by atoms with Crippen LogP contribution in [0, 0.1) is 0 Å². The van der Waals surface area contributed by atoms with E-state index in [-0.39, 0.29) is 35.2 Å². The van der Waals surface area contributed by atoms with Crippen molar-refractivity contribution in [3.63, 3.8) is 0 Å². The molecule has 0 spiro atoms. The molecule has 1 aromatic rings. The molecule has 0 aliphatic carbocycles. The third kappa shape index (κ3) is 5.75. The minimum atomic E-state index is -0.979. The van der Waals surface area contributed by atoms with Crippen molar-refractivity contribution in [3.8, 4) is 0 Å². The molecule has 5 rings (SSSR count). The summed E-state index contributed by atoms with van der Waals surface area (Å²) in [5, 5.41) is 21.9. The largest absolute Gasteiger partial charge is 0.462 e. The van der Waals surface area contributed by atoms with Gasteiger partial charge in [0.05, 0.1) is 12.9 Å². The molecule has 0 saturated carbocycles. The topological polar surface area (TPSA) is 202 Å². The van der Waals surface area contributed by atoms with Crippen molar-refractivity contribution in [1.29, 1.82) is 0 Å². The average Bonchev–Trinajstić information content (AvgIpc) is 3.56. The van der Waals surface area contributed by atoms with Crippen LogP contribution in [0.5, 0.6) is 0 Å². The molecule has 0 bridgehead atoms. The Bertz CT molecular complexity index is 1520. The van der Waals surface area contributed by atoms with Crippen LogP contribution >= 0.6 is 23.5 Å². The molecule has 16 nitrogen and oxygen atoms in total. The van der Waals surface area contributed by atoms with Crippen LogP contribution in [0.1, 0.15) is 5.76 Å². The number of thioether (sulfide) groups is 2. The minimum Gasteiger partial charge on any atom is -0.462 e. The summed E-state index contributed by atoms with van der Waals surface area (Å²) in [6, 6.07) is 2.10. The highest BCUT2D eigenvalue weighted by atomic mass is 32.2. The number of furan rings is 1. The fourth-order valence-corrected chi connectivity index (χ4v) is 6.76. The number of esters is 1. The van der Waals surface area contributed by atoms with E-state index < -0.39 is 47.6 Å². The molecule has 4 aliphatic heterocycles. The molecule has 18 heteroatoms. The number of fused-ring (bicyclic) bond motifs is 2. The third-order valence-electron chi connectivity index (χ3n) is 6.35. The van der Waals surface area contributed by atoms with E-state index in [1.54, 1.807) is 6.07 Å². The summed E-state index contributed by atoms with van der Waals surface area (Å²) in [6.07, 6.45) is 3.77. The Morgan fingerprint density at radius 1 is 1.23 bits per heavy atom. The first-order valence-electron chi connectivity index (χ1n) is 12.5. The van der Waals surface area contributed by atoms with Crippen molar-refractivity contribution in [2.45, 2.75) is 11.4 Å². The molecular formula is C25H24N6O10S2. The van der Waals surface area contributed by atoms with Gasteiger partial charge in [0.2, 0.25) is 5.71 Å². The highest BCUT2D eigenvalue weighted by molar-refractivity contribution is 8.03. The third-order valence-corrected chi connectivity index (χ3v) is 8.88. The van der Waals surface area contributed by atoms with Crippen LogP contribution in [-0.4, -0.2) is 107 Å². The van der Waals surface area contributed by atoms with Gasteiger partial charge in [-0.05, 0) is 23.3 Å². The van der Waals surface area contributed by atoms with E-state index in [4.69, 9.17) is 14.0 Å². The fraction of sp³-hybridized carbons (Fsp3) is 0.320. The zero-order valence-corrected chi connectivity index (χ0v) is 24.2. The number of hydrogen-bond acceptors (Lipinski definition) is 14. The predicted molar refractivity (Wildman–Crippen MR) is 150 cm³/mol. The molecule has 0 unspecified atom stereocenters. The van der Waals surface area contributed by atoms with Crippen LogP contribution in [0.25, 0.3) is 0 Å². The number of oxime groups is 2. The van der Waals surface area contributed by atoms with Crippen molar-refractivity contribution < 1.29 is 47.9 Å². The van der Waals surface area contributed by atoms with E-state index in [0.29, 0.717) is 21.9 Å². The lowest BCUT2D eigenvalue weighted by Gasteiger charge is -2.49. The van der Waals surface area contributed by atoms with Gasteiger partial charge in [0, 0.05) is 17.7 Å². The number of aliphatic hydroxyl groups excluding tert-OH is 1. The van der Waals surface area contributed by atoms with Gasteiger partial charge in [0.15, 0.2) is 5.76 Å². The predicted octanol–water partition coefficient (Wildman–Crippen LogP) is -0.790. The highest BCUT2D eigenvalue weighted by Gasteiger charge is 2.54. The van der Waals surface area contributed by atoms with Gasteiger partial charge in [-0.15, -0.1) is 23.5 Å². The SMILES string of the molecule is CO/N=C\C(=O)NC1=C2SCC(COC(=O)C3=C(CO)CS[C@@H]4[C@H](NC(=O)/C(=N\OC)c5ccco5)C(=O)N34)=CN2C1=O. The van der Waals surface area contributed by atoms with E-state index in [0.717, 1.165) is 6.21 Å². The maximum Gasteiger partial charge on any atom is 0.355 e. The maximum absolute atomic E-state index is 13.2. The number of aliphatic hydroxyl groups is 1. The van der Waals surface area contributed by atoms with E-state index in [9.17, 15) is 29.1 Å². The quantitative estimate of drug-likeness (QED) is 0.119. The van der Waals surface area contributed by atoms with Gasteiger partial charge in [-0.3, -0.25) is 29.0 Å². The number of nitrogens with one attached hydrogen (secondary N) is 2. The highest BCUT2D eigenvalue weighted by Crippen LogP contribution is 2.41. The van der Waals surface area contributed by atoms with Crippen molar-refractivity contribution in [2.24, 2.45) is 10.3 Å². The van der Waals surface area contributed by atoms with Gasteiger partial charge in [0.25, 0.3) is 23.6 Å². The van der Waals surface area contributed by atoms with Crippen molar-refractivity contribution in [3.05, 3.63) is 57.9 Å². The first-order valence-corrected chi connectivity index (χ1v) is 14.5. The number of ether oxygens (including phenoxy) is 1. The minimum absolute atomic E-state index is 0.0917. The summed E-state index contributed by atoms with van der Waals surface area (Å²) in [5.74, 6) is -2.47. The number of nitrogens with zero attached hydrogens (tertiary/aromatic N) is 4. The summed E-state index contributed by atoms with van der Waals surface area (Å²) in [7, 11) is 2.54. The number of hydrogen-bond donors (Lipinski definition) is 3. The average molecular weight is 633 g/mol. The Kier molecular flexibility index (Phi) is 8.88. The lowest BCUT2D eigenvalue weighted by atomic mass is 10.0. The molecule has 4 amide bonds. The van der Waals surface area contributed by atoms with Crippen molar-refractivity contribution in [2.75, 3.05) is 38.9 Å². The molecule has 5 heterocycles. The second-order valence-electron chi connectivity index (χ2n) is 8.98. The van der Waals surface area contributed by atoms with Gasteiger partial charge in [-0.1, -0.05) is 10.3 Å². The molecule has 0 aromatic carbocycles. The fourth-order valence-electron chi connectivity index (χ4n) is 4.39. The van der Waals surface area contributed by atoms with E-state index in [1.807, 2.05) is 0 Å². The number of carbonyl (C=O) groups is 5. The molecule has 1 fully saturated rings. The van der Waals surface area contributed by atoms with Gasteiger partial charge in [-0.25, -0.2) is 4.79 Å². The summed E-state index contributed by atoms with van der Waals surface area (Å²) in [6.45, 7) is -0.667. The Morgan fingerprint density at radius 2 is 2.05 bits per heavy atom. The van der Waals surface area contributed by atoms with Gasteiger partial charge in [-0.2, -0.15) is 0 Å². The lowest BCUT2D eigenvalue weighted by molar-refractivity contribution is -0.152. The summed E-state index contributed by atoms with van der Waals surface area (Å²) in [5.41, 5.74) is 0.756. The summed E-state index contributed by atoms with van der Waals surface area (Å²) >= 11 is 2.53. The van der Waals surface area contributed by atoms with Gasteiger partial charge < -0.3 is 34.6 Å². The Hall–Kier alpha value is -4.55. The summed E-state index contributed by atoms with van der Waals surface area (Å²) < 4.78 is 10.7. The Balaban J connectivity index is 1.22. The van der Waals surface area contributed by atoms with Crippen molar-refractivity contribution in [1.82, 2.24) is 20.4 Å². The van der Waals surface area contributed by atoms with E-state index in [2.05, 4.69) is 25.8 Å². The maximum atomic E-state index is 13.2. The molecule has 1 saturated heterocycles. The number of rotatable bonds is 11. The first kappa shape index (κ1) is 29.9. The van der Waals surface area contributed by atoms with E-state index >= 15 is 0 Å². The zero-order valence-electron chi connectivity index (χ0n) is 22.6. The molecule has 43 heavy (non-hydrogen) atoms. The number of carbonyl (C=O) groups excluding carboxylic acids is 5. The molecule has 0 radical (unpaired) electrons. The van der Waals surface area contributed by atoms with Crippen LogP contribution in [-0.2, 0) is 38.4 Å². The van der Waals surface area contributed by atoms with Gasteiger partial charge >= 0.3 is 5.97 Å². The zero-order chi connectivity index (χ0) is 30.7. The first-order chi connectivity index (χ1) is 20.8. The Morgan fingerprint density at radius 3 is 2.74 bits per heavy atom. The van der Waals surface area contributed by atoms with Crippen LogP contribution in [0.2, 0.25) is 0 Å². The second-order valence-corrected chi connectivity index (χ2v) is 11.1. The monoisotopic (exact) mass is 632 g/mol. The normalized spacial score (nSPS) is 21.5. The molecule has 4 aliphatic rings. The lowest BCUT2D eigenvalue weighted by Crippen LogP contribution is -2.71. The molecule has 1 aromatic heterocycles. The van der Waals surface area contributed by atoms with Crippen LogP contribution in [0.4, 0.5) is 0 Å². The van der Waals surface area contributed by atoms with Crippen LogP contribution in [0.15, 0.2) is 66.9 Å². The molecule has 2 atom stereocenters. The molecule has 226 valence electrons. The smallest absolute Gasteiger partial charge is 0.355 e. The Labute approximate surface area is 251 Å². The van der Waals surface area contributed by atoms with Crippen molar-refractivity contribution >= 4 is 65.0 Å². The van der Waals surface area contributed by atoms with E-state index in [1.165, 1.54) is 66.1 Å². The molecular weight excluding hydrogens is 608 g/mol. The number of β-lactam (4-membered cyclic amide) rings is 1. The second kappa shape index (κ2) is 12.8. The molecule has 3 N–H and O–H groups in total. The summed E-state index contributed by atoms with van der Waals surface area (Å²) in [4.78, 5) is 75.2. The standard InChI is InChI=1S/C25H24N6O10S2/c1-38-26-6-15(33)27-17-21(35)30-7-12(10-42-23(17)30)9-41-25(37)19-13(8-32)11-43-24-18(22(36)31(19)24)28-20(34)16(29-39-2)14-4-3-5-40-14/h3-7,18,24,32H,8-11H2,1-2H3,(H,27,33)(H,28,34)/b26-6-,29-16-/t18-,24-/m1/s1. The van der Waals surface area contributed by atoms with Crippen LogP contribution < -0.4 is 10.6 Å². The van der Waals surface area contributed by atoms with Gasteiger partial charge in [0.1, 0.15) is 54.9 Å².